The van der Waals surface area contributed by atoms with Crippen LogP contribution in [0.1, 0.15) is 41.5 Å². The van der Waals surface area contributed by atoms with Crippen molar-refractivity contribution in [2.75, 3.05) is 13.2 Å². The van der Waals surface area contributed by atoms with Crippen LogP contribution in [-0.2, 0) is 4.74 Å². The third kappa shape index (κ3) is 7.03. The highest BCUT2D eigenvalue weighted by atomic mass is 16.5. The number of hydrogen-bond acceptors (Lipinski definition) is 2. The van der Waals surface area contributed by atoms with Gasteiger partial charge in [0.1, 0.15) is 0 Å². The third-order valence-electron chi connectivity index (χ3n) is 2.30. The zero-order valence-corrected chi connectivity index (χ0v) is 9.98. The first-order valence-electron chi connectivity index (χ1n) is 5.19. The van der Waals surface area contributed by atoms with Crippen molar-refractivity contribution < 1.29 is 4.74 Å². The van der Waals surface area contributed by atoms with Crippen LogP contribution < -0.4 is 5.32 Å². The summed E-state index contributed by atoms with van der Waals surface area (Å²) in [5, 5.41) is 3.45. The van der Waals surface area contributed by atoms with Gasteiger partial charge in [-0.15, -0.1) is 0 Å². The van der Waals surface area contributed by atoms with Crippen LogP contribution in [0.15, 0.2) is 0 Å². The Morgan fingerprint density at radius 1 is 1.15 bits per heavy atom. The lowest BCUT2D eigenvalue weighted by molar-refractivity contribution is 0.0770. The Labute approximate surface area is 83.1 Å². The highest BCUT2D eigenvalue weighted by molar-refractivity contribution is 4.75. The van der Waals surface area contributed by atoms with Gasteiger partial charge < -0.3 is 10.1 Å². The molecule has 0 aromatic rings. The summed E-state index contributed by atoms with van der Waals surface area (Å²) >= 11 is 0. The standard InChI is InChI=1S/C11H25NO/c1-9(2)13-8-7-12-10(3)11(4,5)6/h9-10,12H,7-8H2,1-6H3. The summed E-state index contributed by atoms with van der Waals surface area (Å²) < 4.78 is 5.44. The molecule has 80 valence electrons. The molecule has 13 heavy (non-hydrogen) atoms. The van der Waals surface area contributed by atoms with Crippen LogP contribution in [0.4, 0.5) is 0 Å². The van der Waals surface area contributed by atoms with Gasteiger partial charge in [-0.1, -0.05) is 20.8 Å². The second-order valence-electron chi connectivity index (χ2n) is 4.96. The van der Waals surface area contributed by atoms with Gasteiger partial charge >= 0.3 is 0 Å². The van der Waals surface area contributed by atoms with Crippen LogP contribution in [0.3, 0.4) is 0 Å². The van der Waals surface area contributed by atoms with Crippen LogP contribution in [0, 0.1) is 5.41 Å². The van der Waals surface area contributed by atoms with E-state index in [0.717, 1.165) is 13.2 Å². The van der Waals surface area contributed by atoms with Gasteiger partial charge in [-0.3, -0.25) is 0 Å². The van der Waals surface area contributed by atoms with Crippen LogP contribution in [0.25, 0.3) is 0 Å². The Hall–Kier alpha value is -0.0800. The van der Waals surface area contributed by atoms with Crippen LogP contribution in [-0.4, -0.2) is 25.3 Å². The minimum atomic E-state index is 0.331. The summed E-state index contributed by atoms with van der Waals surface area (Å²) in [5.74, 6) is 0. The van der Waals surface area contributed by atoms with Crippen LogP contribution in [0.5, 0.6) is 0 Å². The van der Waals surface area contributed by atoms with Gasteiger partial charge in [0, 0.05) is 12.6 Å². The molecule has 0 rings (SSSR count). The summed E-state index contributed by atoms with van der Waals surface area (Å²) in [5.41, 5.74) is 0.331. The summed E-state index contributed by atoms with van der Waals surface area (Å²) in [6.45, 7) is 14.8. The smallest absolute Gasteiger partial charge is 0.0594 e. The van der Waals surface area contributed by atoms with E-state index in [-0.39, 0.29) is 0 Å². The normalized spacial score (nSPS) is 15.0. The Morgan fingerprint density at radius 2 is 1.69 bits per heavy atom. The van der Waals surface area contributed by atoms with Gasteiger partial charge in [0.05, 0.1) is 12.7 Å². The van der Waals surface area contributed by atoms with Crippen molar-refractivity contribution >= 4 is 0 Å². The van der Waals surface area contributed by atoms with Crippen molar-refractivity contribution in [3.05, 3.63) is 0 Å². The number of rotatable bonds is 5. The first kappa shape index (κ1) is 12.9. The maximum atomic E-state index is 5.44. The van der Waals surface area contributed by atoms with Gasteiger partial charge in [-0.05, 0) is 26.2 Å². The van der Waals surface area contributed by atoms with E-state index in [9.17, 15) is 0 Å². The van der Waals surface area contributed by atoms with E-state index < -0.39 is 0 Å². The predicted molar refractivity (Wildman–Crippen MR) is 58.0 cm³/mol. The summed E-state index contributed by atoms with van der Waals surface area (Å²) in [6, 6.07) is 0.531. The molecule has 0 aliphatic carbocycles. The molecule has 0 amide bonds. The first-order valence-corrected chi connectivity index (χ1v) is 5.19. The van der Waals surface area contributed by atoms with Gasteiger partial charge in [-0.25, -0.2) is 0 Å². The Balaban J connectivity index is 3.43. The maximum Gasteiger partial charge on any atom is 0.0594 e. The molecular weight excluding hydrogens is 162 g/mol. The van der Waals surface area contributed by atoms with Crippen LogP contribution in [0.2, 0.25) is 0 Å². The molecular formula is C11H25NO. The molecule has 0 saturated heterocycles. The fourth-order valence-electron chi connectivity index (χ4n) is 0.876. The highest BCUT2D eigenvalue weighted by Gasteiger charge is 2.18. The fourth-order valence-corrected chi connectivity index (χ4v) is 0.876. The van der Waals surface area contributed by atoms with E-state index >= 15 is 0 Å². The topological polar surface area (TPSA) is 21.3 Å². The van der Waals surface area contributed by atoms with E-state index in [1.807, 2.05) is 0 Å². The lowest BCUT2D eigenvalue weighted by Gasteiger charge is -2.28. The molecule has 0 spiro atoms. The molecule has 0 saturated carbocycles. The van der Waals surface area contributed by atoms with Crippen molar-refractivity contribution in [2.24, 2.45) is 5.41 Å². The highest BCUT2D eigenvalue weighted by Crippen LogP contribution is 2.17. The Kier molecular flexibility index (Phi) is 5.57. The summed E-state index contributed by atoms with van der Waals surface area (Å²) in [4.78, 5) is 0. The number of ether oxygens (including phenoxy) is 1. The Morgan fingerprint density at radius 3 is 2.08 bits per heavy atom. The molecule has 1 atom stereocenters. The minimum absolute atomic E-state index is 0.331. The third-order valence-corrected chi connectivity index (χ3v) is 2.30. The van der Waals surface area contributed by atoms with Gasteiger partial charge in [-0.2, -0.15) is 0 Å². The lowest BCUT2D eigenvalue weighted by atomic mass is 9.88. The molecule has 0 fully saturated rings. The van der Waals surface area contributed by atoms with Crippen molar-refractivity contribution in [3.8, 4) is 0 Å². The minimum Gasteiger partial charge on any atom is -0.377 e. The van der Waals surface area contributed by atoms with Crippen molar-refractivity contribution in [1.82, 2.24) is 5.32 Å². The molecule has 0 aromatic carbocycles. The van der Waals surface area contributed by atoms with Crippen molar-refractivity contribution in [3.63, 3.8) is 0 Å². The van der Waals surface area contributed by atoms with Gasteiger partial charge in [0.25, 0.3) is 0 Å². The first-order chi connectivity index (χ1) is 5.84. The van der Waals surface area contributed by atoms with Gasteiger partial charge in [0.2, 0.25) is 0 Å². The van der Waals surface area contributed by atoms with E-state index in [2.05, 4.69) is 46.9 Å². The Bertz CT molecular complexity index is 127. The number of hydrogen-bond donors (Lipinski definition) is 1. The fraction of sp³-hybridized carbons (Fsp3) is 1.00. The molecule has 1 unspecified atom stereocenters. The average Bonchev–Trinajstić information content (AvgIpc) is 1.95. The van der Waals surface area contributed by atoms with Crippen LogP contribution >= 0.6 is 0 Å². The maximum absolute atomic E-state index is 5.44. The monoisotopic (exact) mass is 187 g/mol. The molecule has 2 heteroatoms. The zero-order valence-electron chi connectivity index (χ0n) is 9.98. The van der Waals surface area contributed by atoms with E-state index in [1.54, 1.807) is 0 Å². The quantitative estimate of drug-likeness (QED) is 0.667. The molecule has 0 aliphatic heterocycles. The molecule has 0 radical (unpaired) electrons. The second kappa shape index (κ2) is 5.61. The number of nitrogens with one attached hydrogen (secondary N) is 1. The lowest BCUT2D eigenvalue weighted by Crippen LogP contribution is -2.39. The summed E-state index contributed by atoms with van der Waals surface area (Å²) in [6.07, 6.45) is 0.340. The largest absolute Gasteiger partial charge is 0.377 e. The van der Waals surface area contributed by atoms with E-state index in [0.29, 0.717) is 17.6 Å². The van der Waals surface area contributed by atoms with E-state index in [1.165, 1.54) is 0 Å². The van der Waals surface area contributed by atoms with Gasteiger partial charge in [0.15, 0.2) is 0 Å². The van der Waals surface area contributed by atoms with Crippen molar-refractivity contribution in [1.29, 1.82) is 0 Å². The summed E-state index contributed by atoms with van der Waals surface area (Å²) in [7, 11) is 0. The molecule has 0 heterocycles. The molecule has 0 bridgehead atoms. The van der Waals surface area contributed by atoms with Crippen molar-refractivity contribution in [2.45, 2.75) is 53.7 Å². The second-order valence-corrected chi connectivity index (χ2v) is 4.96. The molecule has 0 aliphatic rings. The van der Waals surface area contributed by atoms with E-state index in [4.69, 9.17) is 4.74 Å². The molecule has 2 nitrogen and oxygen atoms in total. The molecule has 0 aromatic heterocycles. The zero-order chi connectivity index (χ0) is 10.5. The molecule has 1 N–H and O–H groups in total. The predicted octanol–water partition coefficient (Wildman–Crippen LogP) is 2.44. The average molecular weight is 187 g/mol. The SMILES string of the molecule is CC(C)OCCNC(C)C(C)(C)C.